The van der Waals surface area contributed by atoms with Crippen molar-refractivity contribution in [3.63, 3.8) is 0 Å². The van der Waals surface area contributed by atoms with Crippen LogP contribution >= 0.6 is 15.9 Å². The molecular weight excluding hydrogens is 238 g/mol. The molecule has 0 bridgehead atoms. The van der Waals surface area contributed by atoms with Crippen LogP contribution in [0.1, 0.15) is 51.4 Å². The van der Waals surface area contributed by atoms with Crippen molar-refractivity contribution >= 4 is 15.9 Å². The number of alkyl halides is 1. The molecule has 1 fully saturated rings. The van der Waals surface area contributed by atoms with Gasteiger partial charge in [0.1, 0.15) is 0 Å². The van der Waals surface area contributed by atoms with Crippen molar-refractivity contribution in [2.75, 3.05) is 18.9 Å². The number of halogens is 1. The van der Waals surface area contributed by atoms with Crippen LogP contribution in [-0.2, 0) is 0 Å². The highest BCUT2D eigenvalue weighted by Gasteiger charge is 2.17. The molecule has 0 N–H and O–H groups in total. The molecule has 0 aromatic rings. The number of hydrogen-bond acceptors (Lipinski definition) is 1. The Morgan fingerprint density at radius 2 is 1.93 bits per heavy atom. The lowest BCUT2D eigenvalue weighted by molar-refractivity contribution is 0.173. The molecule has 1 unspecified atom stereocenters. The molecule has 14 heavy (non-hydrogen) atoms. The number of nitrogens with zero attached hydrogens (tertiary/aromatic N) is 1. The first-order chi connectivity index (χ1) is 6.84. The van der Waals surface area contributed by atoms with E-state index in [4.69, 9.17) is 0 Å². The largest absolute Gasteiger partial charge is 0.303 e. The highest BCUT2D eigenvalue weighted by molar-refractivity contribution is 9.09. The van der Waals surface area contributed by atoms with Crippen LogP contribution in [0.2, 0.25) is 0 Å². The van der Waals surface area contributed by atoms with Crippen molar-refractivity contribution in [3.05, 3.63) is 0 Å². The summed E-state index contributed by atoms with van der Waals surface area (Å²) in [5.41, 5.74) is 0. The minimum atomic E-state index is 0.896. The van der Waals surface area contributed by atoms with Gasteiger partial charge in [0.05, 0.1) is 0 Å². The van der Waals surface area contributed by atoms with Crippen molar-refractivity contribution in [2.45, 2.75) is 57.4 Å². The molecule has 0 radical (unpaired) electrons. The van der Waals surface area contributed by atoms with E-state index in [2.05, 4.69) is 27.9 Å². The summed E-state index contributed by atoms with van der Waals surface area (Å²) in [5, 5.41) is 1.18. The average Bonchev–Trinajstić information content (AvgIpc) is 2.20. The first kappa shape index (κ1) is 12.5. The van der Waals surface area contributed by atoms with Gasteiger partial charge in [-0.25, -0.2) is 0 Å². The number of unbranched alkanes of at least 4 members (excludes halogenated alkanes) is 3. The summed E-state index contributed by atoms with van der Waals surface area (Å²) in [6.45, 7) is 1.33. The van der Waals surface area contributed by atoms with E-state index >= 15 is 0 Å². The van der Waals surface area contributed by atoms with Crippen LogP contribution in [0.15, 0.2) is 0 Å². The molecule has 1 atom stereocenters. The Morgan fingerprint density at radius 1 is 1.14 bits per heavy atom. The van der Waals surface area contributed by atoms with Crippen LogP contribution in [0.25, 0.3) is 0 Å². The first-order valence-corrected chi connectivity index (χ1v) is 7.23. The molecule has 1 rings (SSSR count). The van der Waals surface area contributed by atoms with Gasteiger partial charge < -0.3 is 4.90 Å². The number of piperidine rings is 1. The van der Waals surface area contributed by atoms with E-state index in [9.17, 15) is 0 Å². The molecule has 1 nitrogen and oxygen atoms in total. The third kappa shape index (κ3) is 4.79. The van der Waals surface area contributed by atoms with Gasteiger partial charge in [-0.15, -0.1) is 0 Å². The second-order valence-corrected chi connectivity index (χ2v) is 5.32. The van der Waals surface area contributed by atoms with E-state index in [0.717, 1.165) is 6.04 Å². The summed E-state index contributed by atoms with van der Waals surface area (Å²) in [4.78, 5) is 2.56. The van der Waals surface area contributed by atoms with Gasteiger partial charge in [0, 0.05) is 11.4 Å². The third-order valence-electron chi connectivity index (χ3n) is 3.34. The summed E-state index contributed by atoms with van der Waals surface area (Å²) in [5.74, 6) is 0. The van der Waals surface area contributed by atoms with E-state index in [-0.39, 0.29) is 0 Å². The van der Waals surface area contributed by atoms with Crippen LogP contribution < -0.4 is 0 Å². The second kappa shape index (κ2) is 7.70. The third-order valence-corrected chi connectivity index (χ3v) is 3.90. The lowest BCUT2D eigenvalue weighted by atomic mass is 9.97. The lowest BCUT2D eigenvalue weighted by Crippen LogP contribution is -2.35. The van der Waals surface area contributed by atoms with Crippen LogP contribution in [0.3, 0.4) is 0 Å². The van der Waals surface area contributed by atoms with E-state index < -0.39 is 0 Å². The Balaban J connectivity index is 1.99. The molecule has 0 amide bonds. The van der Waals surface area contributed by atoms with Crippen LogP contribution in [0.4, 0.5) is 0 Å². The first-order valence-electron chi connectivity index (χ1n) is 6.11. The summed E-state index contributed by atoms with van der Waals surface area (Å²) >= 11 is 3.48. The Bertz CT molecular complexity index is 138. The molecule has 0 aliphatic carbocycles. The molecular formula is C12H24BrN. The average molecular weight is 262 g/mol. The molecule has 0 spiro atoms. The maximum absolute atomic E-state index is 3.48. The van der Waals surface area contributed by atoms with E-state index in [0.29, 0.717) is 0 Å². The van der Waals surface area contributed by atoms with Gasteiger partial charge >= 0.3 is 0 Å². The predicted molar refractivity (Wildman–Crippen MR) is 67.1 cm³/mol. The van der Waals surface area contributed by atoms with Crippen LogP contribution in [0, 0.1) is 0 Å². The zero-order valence-corrected chi connectivity index (χ0v) is 11.1. The summed E-state index contributed by atoms with van der Waals surface area (Å²) in [6, 6.07) is 0.896. The number of rotatable bonds is 6. The highest BCUT2D eigenvalue weighted by Crippen LogP contribution is 2.20. The molecule has 2 heteroatoms. The van der Waals surface area contributed by atoms with Crippen molar-refractivity contribution in [1.82, 2.24) is 4.90 Å². The number of hydrogen-bond donors (Lipinski definition) is 0. The molecule has 1 saturated heterocycles. The van der Waals surface area contributed by atoms with Crippen molar-refractivity contribution in [1.29, 1.82) is 0 Å². The Labute approximate surface area is 97.4 Å². The van der Waals surface area contributed by atoms with Crippen molar-refractivity contribution in [2.24, 2.45) is 0 Å². The highest BCUT2D eigenvalue weighted by atomic mass is 79.9. The van der Waals surface area contributed by atoms with Crippen molar-refractivity contribution < 1.29 is 0 Å². The molecule has 1 aliphatic rings. The minimum absolute atomic E-state index is 0.896. The normalized spacial score (nSPS) is 24.0. The summed E-state index contributed by atoms with van der Waals surface area (Å²) < 4.78 is 0. The zero-order chi connectivity index (χ0) is 10.2. The molecule has 0 aromatic heterocycles. The Kier molecular flexibility index (Phi) is 6.88. The predicted octanol–water partition coefficient (Wildman–Crippen LogP) is 3.82. The summed E-state index contributed by atoms with van der Waals surface area (Å²) in [7, 11) is 2.29. The molecule has 0 aromatic carbocycles. The monoisotopic (exact) mass is 261 g/mol. The van der Waals surface area contributed by atoms with Gasteiger partial charge in [-0.3, -0.25) is 0 Å². The van der Waals surface area contributed by atoms with Crippen LogP contribution in [-0.4, -0.2) is 29.9 Å². The smallest absolute Gasteiger partial charge is 0.00922 e. The Hall–Kier alpha value is 0.440. The van der Waals surface area contributed by atoms with Gasteiger partial charge in [0.15, 0.2) is 0 Å². The lowest BCUT2D eigenvalue weighted by Gasteiger charge is -2.32. The maximum Gasteiger partial charge on any atom is 0.00922 e. The van der Waals surface area contributed by atoms with Gasteiger partial charge in [-0.2, -0.15) is 0 Å². The molecule has 1 heterocycles. The van der Waals surface area contributed by atoms with E-state index in [1.807, 2.05) is 0 Å². The van der Waals surface area contributed by atoms with Crippen molar-refractivity contribution in [3.8, 4) is 0 Å². The standard InChI is InChI=1S/C12H24BrN/c1-14-11-7-5-9-12(14)8-4-2-3-6-10-13/h12H,2-11H2,1H3. The topological polar surface area (TPSA) is 3.24 Å². The minimum Gasteiger partial charge on any atom is -0.303 e. The van der Waals surface area contributed by atoms with Gasteiger partial charge in [-0.05, 0) is 39.3 Å². The summed E-state index contributed by atoms with van der Waals surface area (Å²) in [6.07, 6.45) is 11.3. The maximum atomic E-state index is 3.48. The fraction of sp³-hybridized carbons (Fsp3) is 1.00. The van der Waals surface area contributed by atoms with Gasteiger partial charge in [0.25, 0.3) is 0 Å². The molecule has 84 valence electrons. The fourth-order valence-electron chi connectivity index (χ4n) is 2.34. The van der Waals surface area contributed by atoms with Crippen LogP contribution in [0.5, 0.6) is 0 Å². The Morgan fingerprint density at radius 3 is 2.64 bits per heavy atom. The quantitative estimate of drug-likeness (QED) is 0.519. The van der Waals surface area contributed by atoms with E-state index in [1.54, 1.807) is 0 Å². The fourth-order valence-corrected chi connectivity index (χ4v) is 2.73. The van der Waals surface area contributed by atoms with Gasteiger partial charge in [-0.1, -0.05) is 41.6 Å². The zero-order valence-electron chi connectivity index (χ0n) is 9.47. The second-order valence-electron chi connectivity index (χ2n) is 4.52. The van der Waals surface area contributed by atoms with Gasteiger partial charge in [0.2, 0.25) is 0 Å². The number of likely N-dealkylation sites (tertiary alicyclic amines) is 1. The molecule has 0 saturated carbocycles. The molecule has 1 aliphatic heterocycles. The van der Waals surface area contributed by atoms with E-state index in [1.165, 1.54) is 63.2 Å². The SMILES string of the molecule is CN1CCCCC1CCCCCCBr.